The van der Waals surface area contributed by atoms with Crippen LogP contribution in [0.1, 0.15) is 65.2 Å². The lowest BCUT2D eigenvalue weighted by Gasteiger charge is -2.42. The van der Waals surface area contributed by atoms with E-state index in [0.717, 1.165) is 32.1 Å². The topological polar surface area (TPSA) is 43.4 Å². The Kier molecular flexibility index (Phi) is 4.87. The van der Waals surface area contributed by atoms with Crippen molar-refractivity contribution in [3.8, 4) is 0 Å². The molecule has 20 heavy (non-hydrogen) atoms. The van der Waals surface area contributed by atoms with Gasteiger partial charge in [0.25, 0.3) is 0 Å². The van der Waals surface area contributed by atoms with Gasteiger partial charge in [-0.2, -0.15) is 0 Å². The summed E-state index contributed by atoms with van der Waals surface area (Å²) in [4.78, 5) is 23.3. The van der Waals surface area contributed by atoms with Gasteiger partial charge in [0.2, 0.25) is 0 Å². The summed E-state index contributed by atoms with van der Waals surface area (Å²) in [5, 5.41) is 0. The molecule has 0 saturated heterocycles. The fourth-order valence-corrected chi connectivity index (χ4v) is 4.78. The highest BCUT2D eigenvalue weighted by Crippen LogP contribution is 2.57. The number of rotatable bonds is 5. The number of hydrogen-bond acceptors (Lipinski definition) is 3. The summed E-state index contributed by atoms with van der Waals surface area (Å²) in [5.74, 6) is 1.95. The van der Waals surface area contributed by atoms with Gasteiger partial charge in [-0.1, -0.05) is 13.8 Å². The van der Waals surface area contributed by atoms with Crippen molar-refractivity contribution < 1.29 is 14.3 Å². The third-order valence-corrected chi connectivity index (χ3v) is 5.89. The molecule has 0 spiro atoms. The van der Waals surface area contributed by atoms with Crippen LogP contribution in [0.25, 0.3) is 0 Å². The Morgan fingerprint density at radius 2 is 2.20 bits per heavy atom. The zero-order valence-corrected chi connectivity index (χ0v) is 13.1. The molecule has 2 rings (SSSR count). The predicted molar refractivity (Wildman–Crippen MR) is 78.2 cm³/mol. The molecule has 2 aliphatic rings. The second kappa shape index (κ2) is 6.28. The number of carbonyl (C=O) groups is 2. The number of esters is 1. The zero-order chi connectivity index (χ0) is 14.8. The van der Waals surface area contributed by atoms with E-state index < -0.39 is 0 Å². The van der Waals surface area contributed by atoms with Gasteiger partial charge in [0.05, 0.1) is 7.11 Å². The second-order valence-electron chi connectivity index (χ2n) is 7.01. The molecular formula is C17H28O3. The highest BCUT2D eigenvalue weighted by Gasteiger charge is 2.52. The number of ketones is 1. The number of hydrogen-bond donors (Lipinski definition) is 0. The van der Waals surface area contributed by atoms with E-state index in [4.69, 9.17) is 4.74 Å². The molecule has 0 heterocycles. The smallest absolute Gasteiger partial charge is 0.305 e. The number of fused-ring (bicyclic) bond motifs is 1. The fourth-order valence-electron chi connectivity index (χ4n) is 4.78. The molecule has 0 aromatic carbocycles. The summed E-state index contributed by atoms with van der Waals surface area (Å²) < 4.78 is 4.69. The lowest BCUT2D eigenvalue weighted by Crippen LogP contribution is -2.39. The van der Waals surface area contributed by atoms with E-state index in [2.05, 4.69) is 13.8 Å². The standard InChI is InChI=1S/C17H28O3/c1-12(6-4-8-16(19)20-3)13-9-10-14-15(18)7-5-11-17(13,14)2/h12-14H,4-11H2,1-3H3/t12-,13-,14+,17-/m0/s1. The van der Waals surface area contributed by atoms with Gasteiger partial charge < -0.3 is 4.74 Å². The van der Waals surface area contributed by atoms with Crippen molar-refractivity contribution in [3.63, 3.8) is 0 Å². The van der Waals surface area contributed by atoms with Gasteiger partial charge in [-0.15, -0.1) is 0 Å². The number of carbonyl (C=O) groups excluding carboxylic acids is 2. The largest absolute Gasteiger partial charge is 0.469 e. The Morgan fingerprint density at radius 1 is 1.45 bits per heavy atom. The van der Waals surface area contributed by atoms with E-state index in [1.165, 1.54) is 20.0 Å². The average molecular weight is 280 g/mol. The van der Waals surface area contributed by atoms with Crippen molar-refractivity contribution in [1.29, 1.82) is 0 Å². The summed E-state index contributed by atoms with van der Waals surface area (Å²) >= 11 is 0. The van der Waals surface area contributed by atoms with E-state index in [1.54, 1.807) is 0 Å². The molecule has 0 aliphatic heterocycles. The van der Waals surface area contributed by atoms with Gasteiger partial charge in [-0.3, -0.25) is 9.59 Å². The summed E-state index contributed by atoms with van der Waals surface area (Å²) in [6.45, 7) is 4.64. The normalized spacial score (nSPS) is 34.6. The van der Waals surface area contributed by atoms with Gasteiger partial charge in [0.15, 0.2) is 0 Å². The minimum absolute atomic E-state index is 0.111. The van der Waals surface area contributed by atoms with Crippen molar-refractivity contribution >= 4 is 11.8 Å². The van der Waals surface area contributed by atoms with Crippen molar-refractivity contribution in [1.82, 2.24) is 0 Å². The van der Waals surface area contributed by atoms with Gasteiger partial charge in [0, 0.05) is 18.8 Å². The molecule has 3 heteroatoms. The summed E-state index contributed by atoms with van der Waals surface area (Å²) in [7, 11) is 1.45. The van der Waals surface area contributed by atoms with Crippen LogP contribution in [0.2, 0.25) is 0 Å². The molecule has 2 aliphatic carbocycles. The summed E-state index contributed by atoms with van der Waals surface area (Å²) in [6, 6.07) is 0. The molecule has 0 unspecified atom stereocenters. The summed E-state index contributed by atoms with van der Waals surface area (Å²) in [6.07, 6.45) is 7.83. The van der Waals surface area contributed by atoms with Crippen molar-refractivity contribution in [2.24, 2.45) is 23.2 Å². The maximum absolute atomic E-state index is 12.1. The molecule has 0 N–H and O–H groups in total. The van der Waals surface area contributed by atoms with Crippen LogP contribution in [0.15, 0.2) is 0 Å². The molecule has 3 nitrogen and oxygen atoms in total. The number of methoxy groups -OCH3 is 1. The Morgan fingerprint density at radius 3 is 2.90 bits per heavy atom. The quantitative estimate of drug-likeness (QED) is 0.720. The molecule has 114 valence electrons. The predicted octanol–water partition coefficient (Wildman–Crippen LogP) is 3.75. The molecule has 2 fully saturated rings. The van der Waals surface area contributed by atoms with Gasteiger partial charge >= 0.3 is 5.97 Å². The highest BCUT2D eigenvalue weighted by molar-refractivity contribution is 5.83. The molecule has 0 aromatic heterocycles. The van der Waals surface area contributed by atoms with Crippen LogP contribution in [-0.2, 0) is 14.3 Å². The maximum atomic E-state index is 12.1. The van der Waals surface area contributed by atoms with Crippen LogP contribution in [0.3, 0.4) is 0 Å². The average Bonchev–Trinajstić information content (AvgIpc) is 2.77. The molecule has 2 saturated carbocycles. The van der Waals surface area contributed by atoms with Crippen LogP contribution in [-0.4, -0.2) is 18.9 Å². The Hall–Kier alpha value is -0.860. The first kappa shape index (κ1) is 15.5. The minimum atomic E-state index is -0.111. The SMILES string of the molecule is COC(=O)CCC[C@H](C)[C@@H]1CC[C@@H]2C(=O)CCC[C@]21C. The van der Waals surface area contributed by atoms with Crippen molar-refractivity contribution in [3.05, 3.63) is 0 Å². The Balaban J connectivity index is 1.91. The first-order valence-corrected chi connectivity index (χ1v) is 8.08. The first-order valence-electron chi connectivity index (χ1n) is 8.08. The van der Waals surface area contributed by atoms with E-state index >= 15 is 0 Å². The Labute approximate surface area is 122 Å². The second-order valence-corrected chi connectivity index (χ2v) is 7.01. The monoisotopic (exact) mass is 280 g/mol. The van der Waals surface area contributed by atoms with Gasteiger partial charge in [-0.25, -0.2) is 0 Å². The van der Waals surface area contributed by atoms with Crippen LogP contribution in [0, 0.1) is 23.2 Å². The maximum Gasteiger partial charge on any atom is 0.305 e. The zero-order valence-electron chi connectivity index (χ0n) is 13.1. The van der Waals surface area contributed by atoms with E-state index in [1.807, 2.05) is 0 Å². The highest BCUT2D eigenvalue weighted by atomic mass is 16.5. The van der Waals surface area contributed by atoms with Crippen LogP contribution in [0.4, 0.5) is 0 Å². The van der Waals surface area contributed by atoms with Crippen LogP contribution >= 0.6 is 0 Å². The molecule has 0 radical (unpaired) electrons. The van der Waals surface area contributed by atoms with Crippen LogP contribution in [0.5, 0.6) is 0 Å². The van der Waals surface area contributed by atoms with Crippen molar-refractivity contribution in [2.75, 3.05) is 7.11 Å². The van der Waals surface area contributed by atoms with Crippen LogP contribution < -0.4 is 0 Å². The fraction of sp³-hybridized carbons (Fsp3) is 0.882. The number of Topliss-reactive ketones (excluding diaryl/α,β-unsaturated/α-hetero) is 1. The summed E-state index contributed by atoms with van der Waals surface area (Å²) in [5.41, 5.74) is 0.222. The third kappa shape index (κ3) is 2.91. The molecule has 4 atom stereocenters. The van der Waals surface area contributed by atoms with Crippen molar-refractivity contribution in [2.45, 2.75) is 65.2 Å². The van der Waals surface area contributed by atoms with Gasteiger partial charge in [-0.05, 0) is 55.8 Å². The lowest BCUT2D eigenvalue weighted by atomic mass is 9.62. The van der Waals surface area contributed by atoms with E-state index in [9.17, 15) is 9.59 Å². The number of ether oxygens (including phenoxy) is 1. The molecular weight excluding hydrogens is 252 g/mol. The molecule has 0 amide bonds. The molecule has 0 aromatic rings. The Bertz CT molecular complexity index is 376. The van der Waals surface area contributed by atoms with Gasteiger partial charge in [0.1, 0.15) is 5.78 Å². The van der Waals surface area contributed by atoms with E-state index in [-0.39, 0.29) is 11.4 Å². The minimum Gasteiger partial charge on any atom is -0.469 e. The lowest BCUT2D eigenvalue weighted by molar-refractivity contribution is -0.140. The third-order valence-electron chi connectivity index (χ3n) is 5.89. The van der Waals surface area contributed by atoms with E-state index in [0.29, 0.717) is 30.0 Å². The first-order chi connectivity index (χ1) is 9.49. The molecule has 0 bridgehead atoms.